The molecule has 7 nitrogen and oxygen atoms in total. The topological polar surface area (TPSA) is 86.1 Å². The van der Waals surface area contributed by atoms with Crippen LogP contribution >= 0.6 is 11.3 Å². The maximum Gasteiger partial charge on any atom is 0.208 e. The first-order valence-corrected chi connectivity index (χ1v) is 10.2. The van der Waals surface area contributed by atoms with E-state index in [0.717, 1.165) is 33.3 Å². The summed E-state index contributed by atoms with van der Waals surface area (Å²) in [5.74, 6) is 1.55. The van der Waals surface area contributed by atoms with Crippen LogP contribution in [0.25, 0.3) is 21.3 Å². The number of methoxy groups -OCH3 is 1. The van der Waals surface area contributed by atoms with E-state index < -0.39 is 10.0 Å². The number of hydrogen-bond acceptors (Lipinski definition) is 6. The molecule has 0 saturated heterocycles. The number of hydrogen-bond donors (Lipinski definition) is 1. The highest BCUT2D eigenvalue weighted by atomic mass is 32.2. The van der Waals surface area contributed by atoms with Crippen LogP contribution in [0.5, 0.6) is 5.75 Å². The summed E-state index contributed by atoms with van der Waals surface area (Å²) in [6, 6.07) is 7.73. The second-order valence-corrected chi connectivity index (χ2v) is 8.24. The number of thiazole rings is 1. The first-order chi connectivity index (χ1) is 12.0. The van der Waals surface area contributed by atoms with Crippen molar-refractivity contribution in [1.29, 1.82) is 0 Å². The molecule has 9 heteroatoms. The summed E-state index contributed by atoms with van der Waals surface area (Å²) in [7, 11) is -1.57. The van der Waals surface area contributed by atoms with Crippen molar-refractivity contribution in [1.82, 2.24) is 19.3 Å². The number of sulfonamides is 1. The van der Waals surface area contributed by atoms with Crippen molar-refractivity contribution in [2.75, 3.05) is 19.9 Å². The Balaban J connectivity index is 1.80. The number of aromatic nitrogens is 3. The van der Waals surface area contributed by atoms with Crippen LogP contribution in [0.2, 0.25) is 0 Å². The van der Waals surface area contributed by atoms with Gasteiger partial charge in [0.05, 0.1) is 18.2 Å². The molecule has 0 unspecified atom stereocenters. The molecule has 0 bridgehead atoms. The first kappa shape index (κ1) is 17.6. The minimum Gasteiger partial charge on any atom is -0.497 e. The predicted octanol–water partition coefficient (Wildman–Crippen LogP) is 2.23. The van der Waals surface area contributed by atoms with Gasteiger partial charge in [-0.05, 0) is 12.1 Å². The summed E-state index contributed by atoms with van der Waals surface area (Å²) in [5.41, 5.74) is 0.979. The molecule has 0 aliphatic rings. The van der Waals surface area contributed by atoms with Crippen LogP contribution in [0, 0.1) is 0 Å². The highest BCUT2D eigenvalue weighted by Gasteiger charge is 2.12. The van der Waals surface area contributed by atoms with Crippen molar-refractivity contribution >= 4 is 21.4 Å². The van der Waals surface area contributed by atoms with Gasteiger partial charge in [0.2, 0.25) is 10.0 Å². The van der Waals surface area contributed by atoms with Gasteiger partial charge in [0, 0.05) is 37.2 Å². The van der Waals surface area contributed by atoms with Crippen LogP contribution in [0.3, 0.4) is 0 Å². The van der Waals surface area contributed by atoms with Gasteiger partial charge < -0.3 is 9.30 Å². The maximum absolute atomic E-state index is 11.2. The smallest absolute Gasteiger partial charge is 0.208 e. The Hall–Kier alpha value is -2.23. The van der Waals surface area contributed by atoms with Crippen LogP contribution in [-0.2, 0) is 16.6 Å². The fourth-order valence-corrected chi connectivity index (χ4v) is 3.72. The van der Waals surface area contributed by atoms with Gasteiger partial charge in [0.25, 0.3) is 0 Å². The van der Waals surface area contributed by atoms with E-state index in [2.05, 4.69) is 14.7 Å². The third-order valence-corrected chi connectivity index (χ3v) is 5.25. The number of nitrogens with one attached hydrogen (secondary N) is 1. The summed E-state index contributed by atoms with van der Waals surface area (Å²) in [6.45, 7) is 0.804. The average Bonchev–Trinajstić information content (AvgIpc) is 3.22. The molecule has 0 atom stereocenters. The molecular formula is C16H18N4O3S2. The number of rotatable bonds is 7. The minimum absolute atomic E-state index is 0.309. The van der Waals surface area contributed by atoms with E-state index in [0.29, 0.717) is 13.1 Å². The Morgan fingerprint density at radius 2 is 2.16 bits per heavy atom. The summed E-state index contributed by atoms with van der Waals surface area (Å²) in [6.07, 6.45) is 6.44. The molecule has 0 amide bonds. The Labute approximate surface area is 150 Å². The molecular weight excluding hydrogens is 360 g/mol. The third kappa shape index (κ3) is 4.44. The van der Waals surface area contributed by atoms with E-state index in [1.54, 1.807) is 19.5 Å². The lowest BCUT2D eigenvalue weighted by Crippen LogP contribution is -2.26. The molecule has 0 aliphatic carbocycles. The molecule has 1 N–H and O–H groups in total. The van der Waals surface area contributed by atoms with Gasteiger partial charge in [-0.3, -0.25) is 0 Å². The maximum atomic E-state index is 11.2. The quantitative estimate of drug-likeness (QED) is 0.681. The zero-order valence-corrected chi connectivity index (χ0v) is 15.5. The highest BCUT2D eigenvalue weighted by Crippen LogP contribution is 2.32. The molecule has 0 fully saturated rings. The summed E-state index contributed by atoms with van der Waals surface area (Å²) in [4.78, 5) is 9.77. The zero-order chi connectivity index (χ0) is 17.9. The molecule has 0 radical (unpaired) electrons. The molecule has 2 heterocycles. The van der Waals surface area contributed by atoms with Crippen LogP contribution in [0.4, 0.5) is 0 Å². The van der Waals surface area contributed by atoms with Crippen LogP contribution in [-0.4, -0.2) is 42.9 Å². The lowest BCUT2D eigenvalue weighted by Gasteiger charge is -2.06. The average molecular weight is 378 g/mol. The molecule has 2 aromatic heterocycles. The Morgan fingerprint density at radius 3 is 2.92 bits per heavy atom. The number of nitrogens with zero attached hydrogens (tertiary/aromatic N) is 3. The van der Waals surface area contributed by atoms with Crippen molar-refractivity contribution in [3.63, 3.8) is 0 Å². The standard InChI is InChI=1S/C16H18N4O3S2/c1-23-13-5-3-4-12(10-13)16-18-11-14(24-16)15-17-6-8-20(15)9-7-19-25(2,21)22/h3-6,8,10-11,19H,7,9H2,1-2H3. The highest BCUT2D eigenvalue weighted by molar-refractivity contribution is 7.88. The molecule has 25 heavy (non-hydrogen) atoms. The van der Waals surface area contributed by atoms with Crippen molar-refractivity contribution < 1.29 is 13.2 Å². The molecule has 132 valence electrons. The van der Waals surface area contributed by atoms with Crippen molar-refractivity contribution in [3.05, 3.63) is 42.9 Å². The summed E-state index contributed by atoms with van der Waals surface area (Å²) in [5, 5.41) is 0.873. The predicted molar refractivity (Wildman–Crippen MR) is 98.2 cm³/mol. The van der Waals surface area contributed by atoms with Crippen molar-refractivity contribution in [3.8, 4) is 27.0 Å². The van der Waals surface area contributed by atoms with Gasteiger partial charge in [0.1, 0.15) is 10.8 Å². The lowest BCUT2D eigenvalue weighted by atomic mass is 10.2. The summed E-state index contributed by atoms with van der Waals surface area (Å²) >= 11 is 1.53. The second-order valence-electron chi connectivity index (χ2n) is 5.37. The number of imidazole rings is 1. The molecule has 1 aromatic carbocycles. The monoisotopic (exact) mass is 378 g/mol. The number of benzene rings is 1. The Bertz CT molecular complexity index is 963. The van der Waals surface area contributed by atoms with Crippen LogP contribution in [0.15, 0.2) is 42.9 Å². The van der Waals surface area contributed by atoms with Crippen LogP contribution in [0.1, 0.15) is 0 Å². The third-order valence-electron chi connectivity index (χ3n) is 3.48. The van der Waals surface area contributed by atoms with Gasteiger partial charge >= 0.3 is 0 Å². The molecule has 0 aliphatic heterocycles. The lowest BCUT2D eigenvalue weighted by molar-refractivity contribution is 0.415. The van der Waals surface area contributed by atoms with Gasteiger partial charge in [-0.25, -0.2) is 23.1 Å². The minimum atomic E-state index is -3.20. The molecule has 3 rings (SSSR count). The zero-order valence-electron chi connectivity index (χ0n) is 13.8. The fourth-order valence-electron chi connectivity index (χ4n) is 2.33. The normalized spacial score (nSPS) is 11.6. The molecule has 0 saturated carbocycles. The van der Waals surface area contributed by atoms with Gasteiger partial charge in [-0.15, -0.1) is 11.3 Å². The van der Waals surface area contributed by atoms with Crippen LogP contribution < -0.4 is 9.46 Å². The molecule has 0 spiro atoms. The Kier molecular flexibility index (Phi) is 5.16. The van der Waals surface area contributed by atoms with Gasteiger partial charge in [-0.1, -0.05) is 12.1 Å². The van der Waals surface area contributed by atoms with Gasteiger partial charge in [0.15, 0.2) is 5.82 Å². The fraction of sp³-hybridized carbons (Fsp3) is 0.250. The number of ether oxygens (including phenoxy) is 1. The van der Waals surface area contributed by atoms with E-state index in [1.165, 1.54) is 11.3 Å². The SMILES string of the molecule is COc1cccc(-c2ncc(-c3nccn3CCNS(C)(=O)=O)s2)c1. The molecule has 3 aromatic rings. The largest absolute Gasteiger partial charge is 0.497 e. The van der Waals surface area contributed by atoms with E-state index in [-0.39, 0.29) is 0 Å². The van der Waals surface area contributed by atoms with Gasteiger partial charge in [-0.2, -0.15) is 0 Å². The Morgan fingerprint density at radius 1 is 1.32 bits per heavy atom. The van der Waals surface area contributed by atoms with Crippen molar-refractivity contribution in [2.24, 2.45) is 0 Å². The van der Waals surface area contributed by atoms with E-state index >= 15 is 0 Å². The van der Waals surface area contributed by atoms with E-state index in [9.17, 15) is 8.42 Å². The first-order valence-electron chi connectivity index (χ1n) is 7.52. The van der Waals surface area contributed by atoms with Crippen molar-refractivity contribution in [2.45, 2.75) is 6.54 Å². The second kappa shape index (κ2) is 7.34. The summed E-state index contributed by atoms with van der Waals surface area (Å²) < 4.78 is 32.0. The van der Waals surface area contributed by atoms with E-state index in [4.69, 9.17) is 4.74 Å². The van der Waals surface area contributed by atoms with E-state index in [1.807, 2.05) is 35.0 Å².